The molecular formula is C14H17NO4S. The molecule has 2 rings (SSSR count). The van der Waals surface area contributed by atoms with Crippen LogP contribution >= 0.6 is 11.8 Å². The van der Waals surface area contributed by atoms with Crippen LogP contribution in [0.15, 0.2) is 24.3 Å². The van der Waals surface area contributed by atoms with E-state index < -0.39 is 16.9 Å². The van der Waals surface area contributed by atoms with Gasteiger partial charge in [-0.25, -0.2) is 4.79 Å². The molecule has 1 saturated heterocycles. The van der Waals surface area contributed by atoms with Gasteiger partial charge in [0.25, 0.3) is 5.91 Å². The minimum Gasteiger partial charge on any atom is -0.497 e. The number of rotatable bonds is 5. The third-order valence-corrected chi connectivity index (χ3v) is 4.53. The first-order chi connectivity index (χ1) is 9.42. The van der Waals surface area contributed by atoms with Gasteiger partial charge in [-0.05, 0) is 31.5 Å². The Morgan fingerprint density at radius 1 is 1.30 bits per heavy atom. The summed E-state index contributed by atoms with van der Waals surface area (Å²) < 4.78 is 9.64. The summed E-state index contributed by atoms with van der Waals surface area (Å²) in [5.74, 6) is 1.16. The lowest BCUT2D eigenvalue weighted by atomic mass is 10.1. The molecule has 1 unspecified atom stereocenters. The Bertz CT molecular complexity index is 512. The van der Waals surface area contributed by atoms with Crippen LogP contribution in [0.1, 0.15) is 19.4 Å². The molecule has 1 N–H and O–H groups in total. The largest absolute Gasteiger partial charge is 0.497 e. The number of benzene rings is 1. The number of carbonyl (C=O) groups excluding carboxylic acids is 2. The number of thioether (sulfide) groups is 1. The number of hydrogen-bond donors (Lipinski definition) is 1. The smallest absolute Gasteiger partial charge is 0.414 e. The summed E-state index contributed by atoms with van der Waals surface area (Å²) in [6.45, 7) is 3.79. The van der Waals surface area contributed by atoms with Crippen molar-refractivity contribution < 1.29 is 19.1 Å². The lowest BCUT2D eigenvalue weighted by Crippen LogP contribution is -2.40. The Labute approximate surface area is 122 Å². The highest BCUT2D eigenvalue weighted by Crippen LogP contribution is 2.34. The van der Waals surface area contributed by atoms with E-state index in [0.717, 1.165) is 17.1 Å². The zero-order chi connectivity index (χ0) is 14.8. The van der Waals surface area contributed by atoms with Gasteiger partial charge in [-0.15, -0.1) is 11.8 Å². The van der Waals surface area contributed by atoms with Crippen LogP contribution in [0, 0.1) is 0 Å². The van der Waals surface area contributed by atoms with E-state index in [-0.39, 0.29) is 5.91 Å². The van der Waals surface area contributed by atoms with Crippen molar-refractivity contribution in [2.75, 3.05) is 7.11 Å². The van der Waals surface area contributed by atoms with Crippen LogP contribution in [-0.4, -0.2) is 30.0 Å². The molecule has 1 aliphatic rings. The lowest BCUT2D eigenvalue weighted by molar-refractivity contribution is -0.124. The Morgan fingerprint density at radius 2 is 1.95 bits per heavy atom. The van der Waals surface area contributed by atoms with Crippen LogP contribution < -0.4 is 10.1 Å². The summed E-state index contributed by atoms with van der Waals surface area (Å²) >= 11 is 1.57. The first-order valence-corrected chi connectivity index (χ1v) is 7.19. The second-order valence-corrected chi connectivity index (χ2v) is 6.64. The Balaban J connectivity index is 1.97. The highest BCUT2D eigenvalue weighted by atomic mass is 32.2. The molecule has 1 atom stereocenters. The molecule has 0 spiro atoms. The molecule has 0 radical (unpaired) electrons. The summed E-state index contributed by atoms with van der Waals surface area (Å²) in [4.78, 5) is 22.7. The fraction of sp³-hybridized carbons (Fsp3) is 0.429. The Morgan fingerprint density at radius 3 is 2.45 bits per heavy atom. The molecule has 0 saturated carbocycles. The summed E-state index contributed by atoms with van der Waals surface area (Å²) in [7, 11) is 1.62. The molecule has 1 heterocycles. The van der Waals surface area contributed by atoms with Crippen LogP contribution in [0.4, 0.5) is 4.79 Å². The van der Waals surface area contributed by atoms with E-state index in [1.54, 1.807) is 18.9 Å². The van der Waals surface area contributed by atoms with Gasteiger partial charge in [0, 0.05) is 5.75 Å². The van der Waals surface area contributed by atoms with Gasteiger partial charge in [-0.1, -0.05) is 12.1 Å². The number of hydrogen-bond acceptors (Lipinski definition) is 5. The first-order valence-electron chi connectivity index (χ1n) is 6.21. The molecule has 0 bridgehead atoms. The zero-order valence-corrected chi connectivity index (χ0v) is 12.5. The number of methoxy groups -OCH3 is 1. The normalized spacial score (nSPS) is 18.6. The third-order valence-electron chi connectivity index (χ3n) is 3.09. The van der Waals surface area contributed by atoms with Gasteiger partial charge in [0.1, 0.15) is 5.75 Å². The maximum Gasteiger partial charge on any atom is 0.414 e. The monoisotopic (exact) mass is 295 g/mol. The molecule has 6 heteroatoms. The van der Waals surface area contributed by atoms with Crippen LogP contribution in [0.3, 0.4) is 0 Å². The predicted octanol–water partition coefficient (Wildman–Crippen LogP) is 2.34. The van der Waals surface area contributed by atoms with Gasteiger partial charge < -0.3 is 9.47 Å². The molecule has 5 nitrogen and oxygen atoms in total. The molecule has 2 amide bonds. The maximum absolute atomic E-state index is 11.6. The van der Waals surface area contributed by atoms with Crippen molar-refractivity contribution >= 4 is 23.8 Å². The van der Waals surface area contributed by atoms with Gasteiger partial charge in [-0.3, -0.25) is 10.1 Å². The molecule has 1 aromatic carbocycles. The van der Waals surface area contributed by atoms with Gasteiger partial charge in [0.15, 0.2) is 6.10 Å². The van der Waals surface area contributed by atoms with Crippen LogP contribution in [0.5, 0.6) is 5.75 Å². The molecule has 108 valence electrons. The minimum atomic E-state index is -0.752. The van der Waals surface area contributed by atoms with Crippen molar-refractivity contribution in [3.05, 3.63) is 29.8 Å². The van der Waals surface area contributed by atoms with Crippen molar-refractivity contribution in [3.63, 3.8) is 0 Å². The van der Waals surface area contributed by atoms with Crippen molar-refractivity contribution in [3.8, 4) is 5.75 Å². The first kappa shape index (κ1) is 14.7. The van der Waals surface area contributed by atoms with Crippen molar-refractivity contribution in [2.24, 2.45) is 0 Å². The minimum absolute atomic E-state index is 0.373. The van der Waals surface area contributed by atoms with E-state index in [1.165, 1.54) is 0 Å². The van der Waals surface area contributed by atoms with E-state index in [1.807, 2.05) is 38.1 Å². The Hall–Kier alpha value is -1.69. The van der Waals surface area contributed by atoms with E-state index in [0.29, 0.717) is 0 Å². The van der Waals surface area contributed by atoms with Crippen molar-refractivity contribution in [1.29, 1.82) is 0 Å². The number of cyclic esters (lactones) is 1. The van der Waals surface area contributed by atoms with Gasteiger partial charge >= 0.3 is 6.09 Å². The zero-order valence-electron chi connectivity index (χ0n) is 11.6. The van der Waals surface area contributed by atoms with Crippen LogP contribution in [0.25, 0.3) is 0 Å². The maximum atomic E-state index is 11.6. The SMILES string of the molecule is COc1ccc(CSC(C)(C)C2OC(=O)NC2=O)cc1. The lowest BCUT2D eigenvalue weighted by Gasteiger charge is -2.27. The molecule has 0 aliphatic carbocycles. The summed E-state index contributed by atoms with van der Waals surface area (Å²) in [6, 6.07) is 7.74. The molecule has 1 fully saturated rings. The Kier molecular flexibility index (Phi) is 4.23. The average Bonchev–Trinajstić information content (AvgIpc) is 2.77. The second kappa shape index (κ2) is 5.75. The summed E-state index contributed by atoms with van der Waals surface area (Å²) in [6.07, 6.45) is -1.42. The molecule has 1 aliphatic heterocycles. The second-order valence-electron chi connectivity index (χ2n) is 5.01. The quantitative estimate of drug-likeness (QED) is 0.903. The molecule has 20 heavy (non-hydrogen) atoms. The topological polar surface area (TPSA) is 64.6 Å². The fourth-order valence-electron chi connectivity index (χ4n) is 1.88. The van der Waals surface area contributed by atoms with Gasteiger partial charge in [0.05, 0.1) is 11.9 Å². The number of imide groups is 1. The summed E-state index contributed by atoms with van der Waals surface area (Å²) in [5, 5.41) is 2.16. The predicted molar refractivity (Wildman–Crippen MR) is 76.8 cm³/mol. The number of ether oxygens (including phenoxy) is 2. The van der Waals surface area contributed by atoms with Gasteiger partial charge in [-0.2, -0.15) is 0 Å². The average molecular weight is 295 g/mol. The van der Waals surface area contributed by atoms with Crippen LogP contribution in [-0.2, 0) is 15.3 Å². The number of amides is 2. The molecule has 1 aromatic rings. The van der Waals surface area contributed by atoms with Gasteiger partial charge in [0.2, 0.25) is 0 Å². The number of carbonyl (C=O) groups is 2. The molecule has 0 aromatic heterocycles. The summed E-state index contributed by atoms with van der Waals surface area (Å²) in [5.41, 5.74) is 1.12. The van der Waals surface area contributed by atoms with E-state index in [2.05, 4.69) is 5.32 Å². The highest BCUT2D eigenvalue weighted by Gasteiger charge is 2.44. The van der Waals surface area contributed by atoms with E-state index in [9.17, 15) is 9.59 Å². The van der Waals surface area contributed by atoms with Crippen molar-refractivity contribution in [1.82, 2.24) is 5.32 Å². The fourth-order valence-corrected chi connectivity index (χ4v) is 2.92. The van der Waals surface area contributed by atoms with Crippen LogP contribution in [0.2, 0.25) is 0 Å². The number of alkyl carbamates (subject to hydrolysis) is 1. The molecular weight excluding hydrogens is 278 g/mol. The standard InChI is InChI=1S/C14H17NO4S/c1-14(2,11-12(16)15-13(17)19-11)20-8-9-4-6-10(18-3)7-5-9/h4-7,11H,8H2,1-3H3,(H,15,16,17). The van der Waals surface area contributed by atoms with E-state index in [4.69, 9.17) is 9.47 Å². The van der Waals surface area contributed by atoms with Crippen molar-refractivity contribution in [2.45, 2.75) is 30.5 Å². The highest BCUT2D eigenvalue weighted by molar-refractivity contribution is 7.99. The number of nitrogens with one attached hydrogen (secondary N) is 1. The van der Waals surface area contributed by atoms with E-state index >= 15 is 0 Å². The third kappa shape index (κ3) is 3.25.